The molecule has 1 saturated heterocycles. The second-order valence-electron chi connectivity index (χ2n) is 5.16. The van der Waals surface area contributed by atoms with Gasteiger partial charge in [0, 0.05) is 19.4 Å². The molecule has 5 heteroatoms. The predicted octanol–water partition coefficient (Wildman–Crippen LogP) is 1.85. The Labute approximate surface area is 124 Å². The lowest BCUT2D eigenvalue weighted by Crippen LogP contribution is -2.35. The number of aliphatic hydroxyl groups excluding tert-OH is 1. The van der Waals surface area contributed by atoms with Crippen molar-refractivity contribution in [3.63, 3.8) is 0 Å². The Kier molecular flexibility index (Phi) is 5.33. The summed E-state index contributed by atoms with van der Waals surface area (Å²) in [6.07, 6.45) is 0.149. The molecule has 0 saturated carbocycles. The van der Waals surface area contributed by atoms with Crippen molar-refractivity contribution in [3.05, 3.63) is 35.9 Å². The molecule has 21 heavy (non-hydrogen) atoms. The first kappa shape index (κ1) is 15.9. The number of esters is 1. The zero-order valence-electron chi connectivity index (χ0n) is 12.5. The van der Waals surface area contributed by atoms with E-state index in [2.05, 4.69) is 0 Å². The van der Waals surface area contributed by atoms with E-state index in [1.54, 1.807) is 6.92 Å². The number of carbonyl (C=O) groups excluding carboxylic acids is 1. The maximum atomic E-state index is 11.8. The molecule has 0 aliphatic carbocycles. The van der Waals surface area contributed by atoms with Crippen molar-refractivity contribution in [2.45, 2.75) is 37.6 Å². The summed E-state index contributed by atoms with van der Waals surface area (Å²) in [5.41, 5.74) is 1.07. The molecule has 3 atom stereocenters. The Morgan fingerprint density at radius 1 is 1.43 bits per heavy atom. The molecule has 0 radical (unpaired) electrons. The van der Waals surface area contributed by atoms with E-state index < -0.39 is 5.79 Å². The first-order valence-corrected chi connectivity index (χ1v) is 7.18. The Morgan fingerprint density at radius 2 is 2.14 bits per heavy atom. The molecule has 1 unspecified atom stereocenters. The lowest BCUT2D eigenvalue weighted by Gasteiger charge is -2.26. The van der Waals surface area contributed by atoms with Crippen molar-refractivity contribution in [2.75, 3.05) is 20.3 Å². The minimum absolute atomic E-state index is 0.00873. The highest BCUT2D eigenvalue weighted by Gasteiger charge is 2.48. The zero-order chi connectivity index (χ0) is 15.3. The second kappa shape index (κ2) is 7.02. The molecule has 0 bridgehead atoms. The van der Waals surface area contributed by atoms with Crippen LogP contribution in [0.25, 0.3) is 0 Å². The lowest BCUT2D eigenvalue weighted by atomic mass is 9.89. The summed E-state index contributed by atoms with van der Waals surface area (Å²) in [5.74, 6) is -1.39. The average Bonchev–Trinajstić information content (AvgIpc) is 2.88. The SMILES string of the molecule is CCOC(=O)CC1(OC)C[C@H](c2ccccc2)[C@@H](CO)O1. The molecule has 1 fully saturated rings. The van der Waals surface area contributed by atoms with Gasteiger partial charge in [0.2, 0.25) is 0 Å². The van der Waals surface area contributed by atoms with E-state index in [9.17, 15) is 9.90 Å². The molecule has 5 nitrogen and oxygen atoms in total. The van der Waals surface area contributed by atoms with Crippen LogP contribution >= 0.6 is 0 Å². The van der Waals surface area contributed by atoms with Gasteiger partial charge >= 0.3 is 5.97 Å². The van der Waals surface area contributed by atoms with Gasteiger partial charge in [0.15, 0.2) is 5.79 Å². The number of rotatable bonds is 6. The quantitative estimate of drug-likeness (QED) is 0.811. The molecule has 1 aromatic rings. The molecule has 1 aromatic carbocycles. The van der Waals surface area contributed by atoms with Crippen LogP contribution in [0.1, 0.15) is 31.2 Å². The summed E-state index contributed by atoms with van der Waals surface area (Å²) in [5, 5.41) is 9.57. The van der Waals surface area contributed by atoms with Crippen molar-refractivity contribution in [1.82, 2.24) is 0 Å². The van der Waals surface area contributed by atoms with Gasteiger partial charge in [-0.3, -0.25) is 4.79 Å². The number of benzene rings is 1. The van der Waals surface area contributed by atoms with Crippen molar-refractivity contribution in [1.29, 1.82) is 0 Å². The van der Waals surface area contributed by atoms with Crippen LogP contribution in [0.15, 0.2) is 30.3 Å². The van der Waals surface area contributed by atoms with Gasteiger partial charge in [-0.25, -0.2) is 0 Å². The Morgan fingerprint density at radius 3 is 2.71 bits per heavy atom. The van der Waals surface area contributed by atoms with E-state index in [0.717, 1.165) is 5.56 Å². The first-order chi connectivity index (χ1) is 10.1. The van der Waals surface area contributed by atoms with Crippen LogP contribution in [0.3, 0.4) is 0 Å². The topological polar surface area (TPSA) is 65.0 Å². The fourth-order valence-corrected chi connectivity index (χ4v) is 2.82. The van der Waals surface area contributed by atoms with Crippen LogP contribution in [0.5, 0.6) is 0 Å². The largest absolute Gasteiger partial charge is 0.466 e. The highest BCUT2D eigenvalue weighted by atomic mass is 16.7. The molecule has 1 N–H and O–H groups in total. The fraction of sp³-hybridized carbons (Fsp3) is 0.562. The molecular weight excluding hydrogens is 272 g/mol. The molecule has 0 aromatic heterocycles. The van der Waals surface area contributed by atoms with Crippen LogP contribution in [0, 0.1) is 0 Å². The molecule has 2 rings (SSSR count). The Hall–Kier alpha value is -1.43. The van der Waals surface area contributed by atoms with Gasteiger partial charge in [0.1, 0.15) is 0 Å². The fourth-order valence-electron chi connectivity index (χ4n) is 2.82. The van der Waals surface area contributed by atoms with Gasteiger partial charge in [0.25, 0.3) is 0 Å². The highest BCUT2D eigenvalue weighted by Crippen LogP contribution is 2.43. The van der Waals surface area contributed by atoms with Crippen molar-refractivity contribution in [3.8, 4) is 0 Å². The summed E-state index contributed by atoms with van der Waals surface area (Å²) in [6, 6.07) is 9.82. The number of aliphatic hydroxyl groups is 1. The number of hydrogen-bond donors (Lipinski definition) is 1. The van der Waals surface area contributed by atoms with Crippen LogP contribution in [-0.4, -0.2) is 43.3 Å². The molecule has 1 aliphatic heterocycles. The number of methoxy groups -OCH3 is 1. The molecule has 0 spiro atoms. The zero-order valence-corrected chi connectivity index (χ0v) is 12.5. The normalized spacial score (nSPS) is 28.5. The third kappa shape index (κ3) is 3.61. The summed E-state index contributed by atoms with van der Waals surface area (Å²) in [6.45, 7) is 1.97. The minimum atomic E-state index is -1.03. The van der Waals surface area contributed by atoms with E-state index in [0.29, 0.717) is 13.0 Å². The van der Waals surface area contributed by atoms with Gasteiger partial charge in [-0.2, -0.15) is 0 Å². The first-order valence-electron chi connectivity index (χ1n) is 7.18. The van der Waals surface area contributed by atoms with Gasteiger partial charge in [-0.05, 0) is 12.5 Å². The predicted molar refractivity (Wildman–Crippen MR) is 76.7 cm³/mol. The summed E-state index contributed by atoms with van der Waals surface area (Å²) in [7, 11) is 1.51. The van der Waals surface area contributed by atoms with E-state index in [-0.39, 0.29) is 31.0 Å². The van der Waals surface area contributed by atoms with Gasteiger partial charge in [0.05, 0.1) is 25.7 Å². The Balaban J connectivity index is 2.17. The summed E-state index contributed by atoms with van der Waals surface area (Å²) in [4.78, 5) is 11.8. The van der Waals surface area contributed by atoms with Crippen LogP contribution in [0.2, 0.25) is 0 Å². The smallest absolute Gasteiger partial charge is 0.311 e. The average molecular weight is 294 g/mol. The maximum Gasteiger partial charge on any atom is 0.311 e. The van der Waals surface area contributed by atoms with E-state index in [1.165, 1.54) is 7.11 Å². The van der Waals surface area contributed by atoms with Crippen LogP contribution < -0.4 is 0 Å². The Bertz CT molecular complexity index is 461. The van der Waals surface area contributed by atoms with E-state index >= 15 is 0 Å². The van der Waals surface area contributed by atoms with Crippen molar-refractivity contribution in [2.24, 2.45) is 0 Å². The number of carbonyl (C=O) groups is 1. The lowest BCUT2D eigenvalue weighted by molar-refractivity contribution is -0.223. The standard InChI is InChI=1S/C16H22O5/c1-3-20-15(18)10-16(19-2)9-13(14(11-17)21-16)12-7-5-4-6-8-12/h4-8,13-14,17H,3,9-11H2,1-2H3/t13-,14-,16?/m1/s1. The molecule has 116 valence electrons. The molecule has 1 heterocycles. The third-order valence-corrected chi connectivity index (χ3v) is 3.84. The van der Waals surface area contributed by atoms with Gasteiger partial charge < -0.3 is 19.3 Å². The monoisotopic (exact) mass is 294 g/mol. The number of ether oxygens (including phenoxy) is 3. The second-order valence-corrected chi connectivity index (χ2v) is 5.16. The van der Waals surface area contributed by atoms with Crippen molar-refractivity contribution >= 4 is 5.97 Å². The minimum Gasteiger partial charge on any atom is -0.466 e. The van der Waals surface area contributed by atoms with Crippen molar-refractivity contribution < 1.29 is 24.1 Å². The van der Waals surface area contributed by atoms with Gasteiger partial charge in [-0.1, -0.05) is 30.3 Å². The van der Waals surface area contributed by atoms with E-state index in [1.807, 2.05) is 30.3 Å². The maximum absolute atomic E-state index is 11.8. The van der Waals surface area contributed by atoms with Crippen LogP contribution in [0.4, 0.5) is 0 Å². The summed E-state index contributed by atoms with van der Waals surface area (Å²) >= 11 is 0. The highest BCUT2D eigenvalue weighted by molar-refractivity contribution is 5.70. The molecule has 0 amide bonds. The van der Waals surface area contributed by atoms with Crippen LogP contribution in [-0.2, 0) is 19.0 Å². The van der Waals surface area contributed by atoms with Gasteiger partial charge in [-0.15, -0.1) is 0 Å². The molecular formula is C16H22O5. The van der Waals surface area contributed by atoms with E-state index in [4.69, 9.17) is 14.2 Å². The number of hydrogen-bond acceptors (Lipinski definition) is 5. The summed E-state index contributed by atoms with van der Waals surface area (Å²) < 4.78 is 16.3. The molecule has 1 aliphatic rings. The third-order valence-electron chi connectivity index (χ3n) is 3.84.